The van der Waals surface area contributed by atoms with E-state index in [0.717, 1.165) is 17.7 Å². The molecule has 0 aromatic heterocycles. The molecule has 0 saturated carbocycles. The number of non-ortho nitro benzene ring substituents is 1. The maximum absolute atomic E-state index is 11.1. The van der Waals surface area contributed by atoms with Crippen LogP contribution in [-0.2, 0) is 0 Å². The van der Waals surface area contributed by atoms with E-state index in [-0.39, 0.29) is 16.7 Å². The molecule has 0 radical (unpaired) electrons. The smallest absolute Gasteiger partial charge is 0.269 e. The lowest BCUT2D eigenvalue weighted by Crippen LogP contribution is -2.29. The van der Waals surface area contributed by atoms with Crippen molar-refractivity contribution >= 4 is 45.6 Å². The number of fused-ring (bicyclic) bond motifs is 3. The molecule has 0 amide bonds. The highest BCUT2D eigenvalue weighted by Crippen LogP contribution is 2.51. The molecule has 1 heterocycles. The molecule has 0 spiro atoms. The van der Waals surface area contributed by atoms with Crippen LogP contribution in [0.1, 0.15) is 29.5 Å². The van der Waals surface area contributed by atoms with E-state index in [2.05, 4.69) is 58.3 Å². The van der Waals surface area contributed by atoms with E-state index in [1.807, 2.05) is 0 Å². The van der Waals surface area contributed by atoms with Gasteiger partial charge in [0.1, 0.15) is 0 Å². The van der Waals surface area contributed by atoms with Gasteiger partial charge in [-0.1, -0.05) is 23.8 Å². The second kappa shape index (κ2) is 6.04. The predicted molar refractivity (Wildman–Crippen MR) is 104 cm³/mol. The van der Waals surface area contributed by atoms with Gasteiger partial charge in [0, 0.05) is 37.9 Å². The number of benzene rings is 2. The van der Waals surface area contributed by atoms with E-state index < -0.39 is 0 Å². The van der Waals surface area contributed by atoms with Crippen molar-refractivity contribution in [3.8, 4) is 0 Å². The van der Waals surface area contributed by atoms with Crippen LogP contribution < -0.4 is 5.32 Å². The second-order valence-electron chi connectivity index (χ2n) is 6.17. The lowest BCUT2D eigenvalue weighted by Gasteiger charge is -2.37. The molecule has 1 aliphatic carbocycles. The summed E-state index contributed by atoms with van der Waals surface area (Å²) in [6.45, 7) is 0. The van der Waals surface area contributed by atoms with Crippen LogP contribution in [0.25, 0.3) is 0 Å². The van der Waals surface area contributed by atoms with Gasteiger partial charge in [-0.05, 0) is 64.8 Å². The van der Waals surface area contributed by atoms with E-state index in [0.29, 0.717) is 16.9 Å². The molecule has 3 atom stereocenters. The molecule has 24 heavy (non-hydrogen) atoms. The maximum Gasteiger partial charge on any atom is 0.269 e. The monoisotopic (exact) mass is 452 g/mol. The number of allylic oxidation sites excluding steroid dienone is 2. The minimum Gasteiger partial charge on any atom is -0.378 e. The Morgan fingerprint density at radius 3 is 2.83 bits per heavy atom. The van der Waals surface area contributed by atoms with Gasteiger partial charge in [0.2, 0.25) is 0 Å². The van der Waals surface area contributed by atoms with E-state index >= 15 is 0 Å². The first-order valence-electron chi connectivity index (χ1n) is 7.71. The van der Waals surface area contributed by atoms with Crippen molar-refractivity contribution in [3.63, 3.8) is 0 Å². The molecular formula is C18H14ClIN2O2. The Labute approximate surface area is 158 Å². The molecule has 2 aliphatic rings. The third-order valence-electron chi connectivity index (χ3n) is 4.85. The van der Waals surface area contributed by atoms with Gasteiger partial charge in [-0.25, -0.2) is 0 Å². The number of nitro benzene ring substituents is 1. The van der Waals surface area contributed by atoms with Crippen LogP contribution in [0.2, 0.25) is 5.02 Å². The summed E-state index contributed by atoms with van der Waals surface area (Å²) >= 11 is 8.72. The number of hydrogen-bond donors (Lipinski definition) is 1. The standard InChI is InChI=1S/C18H14ClIN2O2/c19-16-6-5-11(22(23)24)9-15(16)18-13-3-1-2-12(13)14-8-10(20)4-7-17(14)21-18/h1-2,4-9,12-13,18,21H,3H2/t12-,13+,18-/m1/s1. The average Bonchev–Trinajstić information content (AvgIpc) is 3.04. The number of anilines is 1. The van der Waals surface area contributed by atoms with E-state index in [4.69, 9.17) is 11.6 Å². The average molecular weight is 453 g/mol. The number of halogens is 2. The van der Waals surface area contributed by atoms with Gasteiger partial charge in [-0.15, -0.1) is 0 Å². The van der Waals surface area contributed by atoms with Gasteiger partial charge in [0.25, 0.3) is 5.69 Å². The van der Waals surface area contributed by atoms with Crippen LogP contribution >= 0.6 is 34.2 Å². The first-order chi connectivity index (χ1) is 11.5. The Balaban J connectivity index is 1.81. The van der Waals surface area contributed by atoms with Gasteiger partial charge < -0.3 is 5.32 Å². The largest absolute Gasteiger partial charge is 0.378 e. The van der Waals surface area contributed by atoms with Crippen molar-refractivity contribution in [1.29, 1.82) is 0 Å². The zero-order chi connectivity index (χ0) is 16.8. The second-order valence-corrected chi connectivity index (χ2v) is 7.82. The molecule has 1 N–H and O–H groups in total. The first-order valence-corrected chi connectivity index (χ1v) is 9.17. The number of hydrogen-bond acceptors (Lipinski definition) is 3. The molecule has 6 heteroatoms. The topological polar surface area (TPSA) is 55.2 Å². The Hall–Kier alpha value is -1.60. The number of rotatable bonds is 2. The molecular weight excluding hydrogens is 439 g/mol. The van der Waals surface area contributed by atoms with Crippen molar-refractivity contribution in [1.82, 2.24) is 0 Å². The molecule has 0 fully saturated rings. The van der Waals surface area contributed by atoms with Gasteiger partial charge >= 0.3 is 0 Å². The maximum atomic E-state index is 11.1. The molecule has 2 aromatic carbocycles. The molecule has 4 rings (SSSR count). The quantitative estimate of drug-likeness (QED) is 0.276. The molecule has 4 nitrogen and oxygen atoms in total. The van der Waals surface area contributed by atoms with Crippen molar-refractivity contribution in [2.45, 2.75) is 18.4 Å². The highest BCUT2D eigenvalue weighted by molar-refractivity contribution is 14.1. The number of nitrogens with zero attached hydrogens (tertiary/aromatic N) is 1. The van der Waals surface area contributed by atoms with Crippen LogP contribution in [0.4, 0.5) is 11.4 Å². The SMILES string of the molecule is O=[N+]([O-])c1ccc(Cl)c([C@@H]2Nc3ccc(I)cc3[C@@H]3C=CC[C@@H]32)c1. The fraction of sp³-hybridized carbons (Fsp3) is 0.222. The van der Waals surface area contributed by atoms with Gasteiger partial charge in [-0.2, -0.15) is 0 Å². The third-order valence-corrected chi connectivity index (χ3v) is 5.87. The summed E-state index contributed by atoms with van der Waals surface area (Å²) in [6, 6.07) is 11.0. The summed E-state index contributed by atoms with van der Waals surface area (Å²) in [6.07, 6.45) is 5.38. The van der Waals surface area contributed by atoms with Gasteiger partial charge in [0.05, 0.1) is 11.0 Å². The van der Waals surface area contributed by atoms with Gasteiger partial charge in [0.15, 0.2) is 0 Å². The minimum atomic E-state index is -0.372. The van der Waals surface area contributed by atoms with Gasteiger partial charge in [-0.3, -0.25) is 10.1 Å². The minimum absolute atomic E-state index is 0.0371. The highest BCUT2D eigenvalue weighted by atomic mass is 127. The fourth-order valence-electron chi connectivity index (χ4n) is 3.76. The summed E-state index contributed by atoms with van der Waals surface area (Å²) in [7, 11) is 0. The summed E-state index contributed by atoms with van der Waals surface area (Å²) in [5.41, 5.74) is 3.25. The highest BCUT2D eigenvalue weighted by Gasteiger charge is 2.39. The molecule has 1 aliphatic heterocycles. The number of nitrogens with one attached hydrogen (secondary N) is 1. The Kier molecular flexibility index (Phi) is 4.00. The summed E-state index contributed by atoms with van der Waals surface area (Å²) in [5.74, 6) is 0.631. The van der Waals surface area contributed by atoms with Crippen LogP contribution in [-0.4, -0.2) is 4.92 Å². The Morgan fingerprint density at radius 2 is 2.04 bits per heavy atom. The summed E-state index contributed by atoms with van der Waals surface area (Å²) in [4.78, 5) is 10.8. The van der Waals surface area contributed by atoms with E-state index in [1.54, 1.807) is 12.1 Å². The molecule has 2 aromatic rings. The van der Waals surface area contributed by atoms with Crippen LogP contribution in [0.15, 0.2) is 48.6 Å². The lowest BCUT2D eigenvalue weighted by atomic mass is 9.77. The third kappa shape index (κ3) is 2.59. The number of nitro groups is 1. The van der Waals surface area contributed by atoms with E-state index in [9.17, 15) is 10.1 Å². The first kappa shape index (κ1) is 15.9. The fourth-order valence-corrected chi connectivity index (χ4v) is 4.51. The van der Waals surface area contributed by atoms with Crippen molar-refractivity contribution in [3.05, 3.63) is 78.4 Å². The molecule has 122 valence electrons. The molecule has 0 unspecified atom stereocenters. The van der Waals surface area contributed by atoms with Crippen LogP contribution in [0.3, 0.4) is 0 Å². The normalized spacial score (nSPS) is 24.2. The van der Waals surface area contributed by atoms with Crippen molar-refractivity contribution in [2.75, 3.05) is 5.32 Å². The summed E-state index contributed by atoms with van der Waals surface area (Å²) in [5, 5.41) is 15.3. The Bertz CT molecular complexity index is 868. The molecule has 0 bridgehead atoms. The summed E-state index contributed by atoms with van der Waals surface area (Å²) < 4.78 is 1.21. The predicted octanol–water partition coefficient (Wildman–Crippen LogP) is 5.68. The van der Waals surface area contributed by atoms with Crippen molar-refractivity contribution < 1.29 is 4.92 Å². The van der Waals surface area contributed by atoms with Crippen LogP contribution in [0.5, 0.6) is 0 Å². The van der Waals surface area contributed by atoms with E-state index in [1.165, 1.54) is 15.2 Å². The Morgan fingerprint density at radius 1 is 1.21 bits per heavy atom. The zero-order valence-corrected chi connectivity index (χ0v) is 15.5. The van der Waals surface area contributed by atoms with Crippen LogP contribution in [0, 0.1) is 19.6 Å². The van der Waals surface area contributed by atoms with Crippen molar-refractivity contribution in [2.24, 2.45) is 5.92 Å². The molecule has 0 saturated heterocycles. The lowest BCUT2D eigenvalue weighted by molar-refractivity contribution is -0.384. The zero-order valence-electron chi connectivity index (χ0n) is 12.6.